The van der Waals surface area contributed by atoms with Crippen LogP contribution in [0.5, 0.6) is 0 Å². The van der Waals surface area contributed by atoms with Gasteiger partial charge in [0, 0.05) is 24.8 Å². The molecule has 0 fully saturated rings. The van der Waals surface area contributed by atoms with E-state index in [0.717, 1.165) is 17.0 Å². The van der Waals surface area contributed by atoms with Gasteiger partial charge in [0.2, 0.25) is 0 Å². The molecule has 0 saturated carbocycles. The predicted molar refractivity (Wildman–Crippen MR) is 116 cm³/mol. The molecular weight excluding hydrogens is 390 g/mol. The van der Waals surface area contributed by atoms with Gasteiger partial charge in [0.15, 0.2) is 5.03 Å². The molecule has 1 rings (SSSR count). The van der Waals surface area contributed by atoms with Crippen molar-refractivity contribution in [1.29, 1.82) is 5.41 Å². The number of hydrazine groups is 1. The number of ether oxygens (including phenoxy) is 1. The third-order valence-corrected chi connectivity index (χ3v) is 3.99. The zero-order chi connectivity index (χ0) is 22.7. The van der Waals surface area contributed by atoms with Gasteiger partial charge in [-0.1, -0.05) is 17.6 Å². The van der Waals surface area contributed by atoms with Crippen LogP contribution < -0.4 is 22.2 Å². The first-order valence-corrected chi connectivity index (χ1v) is 9.80. The Labute approximate surface area is 176 Å². The number of nitro groups is 1. The number of hydrogen-bond donors (Lipinski definition) is 5. The van der Waals surface area contributed by atoms with Gasteiger partial charge < -0.3 is 21.5 Å². The van der Waals surface area contributed by atoms with Gasteiger partial charge in [0.05, 0.1) is 0 Å². The van der Waals surface area contributed by atoms with Crippen LogP contribution in [0.3, 0.4) is 0 Å². The summed E-state index contributed by atoms with van der Waals surface area (Å²) in [5.41, 5.74) is 14.7. The third-order valence-electron chi connectivity index (χ3n) is 3.99. The fraction of sp³-hybridized carbons (Fsp3) is 0.579. The number of amides is 1. The maximum Gasteiger partial charge on any atom is 0.417 e. The van der Waals surface area contributed by atoms with Crippen molar-refractivity contribution >= 4 is 17.7 Å². The molecule has 168 valence electrons. The first-order chi connectivity index (χ1) is 14.0. The molecular formula is C19H33N7O4. The zero-order valence-corrected chi connectivity index (χ0v) is 17.8. The van der Waals surface area contributed by atoms with Crippen LogP contribution in [0.2, 0.25) is 0 Å². The molecule has 0 aromatic heterocycles. The van der Waals surface area contributed by atoms with Crippen LogP contribution in [0, 0.1) is 15.5 Å². The van der Waals surface area contributed by atoms with Gasteiger partial charge in [-0.25, -0.2) is 19.8 Å². The van der Waals surface area contributed by atoms with Crippen LogP contribution in [0.1, 0.15) is 39.2 Å². The number of guanidine groups is 1. The second-order valence-corrected chi connectivity index (χ2v) is 7.87. The van der Waals surface area contributed by atoms with Crippen LogP contribution in [-0.2, 0) is 11.2 Å². The molecule has 0 saturated heterocycles. The Morgan fingerprint density at radius 2 is 1.97 bits per heavy atom. The molecule has 11 nitrogen and oxygen atoms in total. The summed E-state index contributed by atoms with van der Waals surface area (Å²) in [5.74, 6) is -0.654. The molecule has 11 heteroatoms. The molecule has 0 aliphatic heterocycles. The number of carbonyl (C=O) groups excluding carboxylic acids is 1. The van der Waals surface area contributed by atoms with E-state index in [0.29, 0.717) is 25.9 Å². The molecule has 0 radical (unpaired) electrons. The Morgan fingerprint density at radius 3 is 2.50 bits per heavy atom. The lowest BCUT2D eigenvalue weighted by atomic mass is 10.1. The molecule has 30 heavy (non-hydrogen) atoms. The predicted octanol–water partition coefficient (Wildman–Crippen LogP) is 1.66. The number of rotatable bonds is 10. The highest BCUT2D eigenvalue weighted by Gasteiger charge is 2.27. The van der Waals surface area contributed by atoms with Crippen LogP contribution in [-0.4, -0.2) is 53.3 Å². The summed E-state index contributed by atoms with van der Waals surface area (Å²) < 4.78 is 5.22. The van der Waals surface area contributed by atoms with E-state index in [1.165, 1.54) is 5.56 Å². The Morgan fingerprint density at radius 1 is 1.33 bits per heavy atom. The Balaban J connectivity index is 2.52. The first kappa shape index (κ1) is 25.1. The second-order valence-electron chi connectivity index (χ2n) is 7.87. The third kappa shape index (κ3) is 10.0. The van der Waals surface area contributed by atoms with Crippen LogP contribution >= 0.6 is 0 Å². The molecule has 0 heterocycles. The maximum absolute atomic E-state index is 12.3. The quantitative estimate of drug-likeness (QED) is 0.163. The minimum atomic E-state index is -0.895. The summed E-state index contributed by atoms with van der Waals surface area (Å²) in [6, 6.07) is 7.74. The van der Waals surface area contributed by atoms with Crippen molar-refractivity contribution in [3.63, 3.8) is 0 Å². The molecule has 1 atom stereocenters. The molecule has 0 aliphatic carbocycles. The standard InChI is InChI=1S/C19H33N7O4/c1-19(2,3)30-18(27)25(17(22)24-26(28)29)12-4-5-15(21)13-23-16-8-6-14(7-9-16)10-11-20/h6-9,15,23H,4-5,10-13,20-21H2,1-3H3,(H2,22,24)/t15-/m0/s1. The summed E-state index contributed by atoms with van der Waals surface area (Å²) in [7, 11) is 0. The lowest BCUT2D eigenvalue weighted by molar-refractivity contribution is -0.526. The largest absolute Gasteiger partial charge is 0.443 e. The van der Waals surface area contributed by atoms with Crippen molar-refractivity contribution in [1.82, 2.24) is 10.3 Å². The van der Waals surface area contributed by atoms with Crippen molar-refractivity contribution in [3.8, 4) is 0 Å². The number of nitrogens with one attached hydrogen (secondary N) is 3. The van der Waals surface area contributed by atoms with Gasteiger partial charge in [-0.05, 0) is 64.3 Å². The Bertz CT molecular complexity index is 704. The number of benzene rings is 1. The van der Waals surface area contributed by atoms with Gasteiger partial charge in [0.1, 0.15) is 5.60 Å². The second kappa shape index (κ2) is 11.9. The van der Waals surface area contributed by atoms with E-state index in [2.05, 4.69) is 5.32 Å². The summed E-state index contributed by atoms with van der Waals surface area (Å²) in [4.78, 5) is 23.8. The molecule has 1 aromatic rings. The maximum atomic E-state index is 12.3. The Hall–Kier alpha value is -2.92. The summed E-state index contributed by atoms with van der Waals surface area (Å²) >= 11 is 0. The molecule has 0 unspecified atom stereocenters. The van der Waals surface area contributed by atoms with Gasteiger partial charge in [-0.2, -0.15) is 0 Å². The van der Waals surface area contributed by atoms with Crippen molar-refractivity contribution in [2.24, 2.45) is 11.5 Å². The molecule has 0 spiro atoms. The number of nitrogens with zero attached hydrogens (tertiary/aromatic N) is 2. The fourth-order valence-corrected chi connectivity index (χ4v) is 2.58. The highest BCUT2D eigenvalue weighted by atomic mass is 16.7. The molecule has 1 aromatic carbocycles. The van der Waals surface area contributed by atoms with Crippen LogP contribution in [0.25, 0.3) is 0 Å². The number of anilines is 1. The number of hydrogen-bond acceptors (Lipinski definition) is 8. The number of nitrogens with two attached hydrogens (primary N) is 2. The fourth-order valence-electron chi connectivity index (χ4n) is 2.58. The summed E-state index contributed by atoms with van der Waals surface area (Å²) in [6.07, 6.45) is 0.989. The van der Waals surface area contributed by atoms with E-state index < -0.39 is 22.7 Å². The van der Waals surface area contributed by atoms with E-state index in [9.17, 15) is 14.9 Å². The van der Waals surface area contributed by atoms with Crippen LogP contribution in [0.15, 0.2) is 24.3 Å². The van der Waals surface area contributed by atoms with Crippen molar-refractivity contribution in [2.75, 3.05) is 25.0 Å². The van der Waals surface area contributed by atoms with Gasteiger partial charge in [0.25, 0.3) is 5.96 Å². The SMILES string of the molecule is CC(C)(C)OC(=O)N(CCC[C@H](N)CNc1ccc(CCN)cc1)C(=N)N[N+](=O)[O-]. The van der Waals surface area contributed by atoms with E-state index in [4.69, 9.17) is 21.6 Å². The monoisotopic (exact) mass is 423 g/mol. The summed E-state index contributed by atoms with van der Waals surface area (Å²) in [5, 5.41) is 20.7. The highest BCUT2D eigenvalue weighted by Crippen LogP contribution is 2.12. The lowest BCUT2D eigenvalue weighted by Gasteiger charge is -2.26. The average Bonchev–Trinajstić information content (AvgIpc) is 2.62. The normalized spacial score (nSPS) is 12.0. The van der Waals surface area contributed by atoms with E-state index in [1.807, 2.05) is 24.3 Å². The minimum Gasteiger partial charge on any atom is -0.443 e. The van der Waals surface area contributed by atoms with Gasteiger partial charge in [-0.3, -0.25) is 5.41 Å². The minimum absolute atomic E-state index is 0.0655. The molecule has 1 amide bonds. The first-order valence-electron chi connectivity index (χ1n) is 9.80. The van der Waals surface area contributed by atoms with E-state index >= 15 is 0 Å². The zero-order valence-electron chi connectivity index (χ0n) is 17.8. The van der Waals surface area contributed by atoms with Crippen molar-refractivity contribution in [3.05, 3.63) is 39.9 Å². The molecule has 0 aliphatic rings. The lowest BCUT2D eigenvalue weighted by Crippen LogP contribution is -2.48. The van der Waals surface area contributed by atoms with Crippen LogP contribution in [0.4, 0.5) is 10.5 Å². The van der Waals surface area contributed by atoms with Gasteiger partial charge in [-0.15, -0.1) is 0 Å². The summed E-state index contributed by atoms with van der Waals surface area (Å²) in [6.45, 7) is 6.23. The number of carbonyl (C=O) groups is 1. The van der Waals surface area contributed by atoms with Gasteiger partial charge >= 0.3 is 6.09 Å². The van der Waals surface area contributed by atoms with Crippen molar-refractivity contribution in [2.45, 2.75) is 51.7 Å². The average molecular weight is 424 g/mol. The highest BCUT2D eigenvalue weighted by molar-refractivity contribution is 5.91. The Kier molecular flexibility index (Phi) is 9.99. The van der Waals surface area contributed by atoms with E-state index in [1.54, 1.807) is 26.2 Å². The smallest absolute Gasteiger partial charge is 0.417 e. The molecule has 7 N–H and O–H groups in total. The topological polar surface area (TPSA) is 173 Å². The van der Waals surface area contributed by atoms with Crippen molar-refractivity contribution < 1.29 is 14.6 Å². The van der Waals surface area contributed by atoms with E-state index in [-0.39, 0.29) is 12.6 Å². The molecule has 0 bridgehead atoms.